The number of hydrogen-bond acceptors (Lipinski definition) is 2. The zero-order valence-corrected chi connectivity index (χ0v) is 12.3. The van der Waals surface area contributed by atoms with Crippen molar-refractivity contribution >= 4 is 22.9 Å². The minimum Gasteiger partial charge on any atom is -0.505 e. The first-order valence-corrected chi connectivity index (χ1v) is 7.47. The molecule has 2 nitrogen and oxygen atoms in total. The molecule has 3 rings (SSSR count). The zero-order valence-electron chi connectivity index (χ0n) is 11.6. The Hall–Kier alpha value is -1.67. The summed E-state index contributed by atoms with van der Waals surface area (Å²) >= 11 is 6.31. The summed E-state index contributed by atoms with van der Waals surface area (Å²) in [5.74, 6) is 0.339. The van der Waals surface area contributed by atoms with E-state index in [0.717, 1.165) is 48.3 Å². The van der Waals surface area contributed by atoms with Gasteiger partial charge in [0.2, 0.25) is 0 Å². The Morgan fingerprint density at radius 1 is 1.30 bits per heavy atom. The van der Waals surface area contributed by atoms with Gasteiger partial charge in [0.05, 0.1) is 5.03 Å². The minimum atomic E-state index is 0.339. The molecule has 20 heavy (non-hydrogen) atoms. The largest absolute Gasteiger partial charge is 0.505 e. The Morgan fingerprint density at radius 3 is 2.90 bits per heavy atom. The molecule has 1 aromatic rings. The van der Waals surface area contributed by atoms with Crippen LogP contribution in [-0.4, -0.2) is 11.7 Å². The maximum Gasteiger partial charge on any atom is 0.144 e. The van der Waals surface area contributed by atoms with Gasteiger partial charge in [-0.05, 0) is 25.0 Å². The fraction of sp³-hybridized carbons (Fsp3) is 0.294. The van der Waals surface area contributed by atoms with Gasteiger partial charge in [-0.25, -0.2) is 0 Å². The molecule has 2 heterocycles. The summed E-state index contributed by atoms with van der Waals surface area (Å²) in [7, 11) is 0. The lowest BCUT2D eigenvalue weighted by Crippen LogP contribution is -2.30. The molecule has 0 fully saturated rings. The number of allylic oxidation sites excluding steroid dienone is 3. The highest BCUT2D eigenvalue weighted by Gasteiger charge is 2.30. The predicted molar refractivity (Wildman–Crippen MR) is 84.9 cm³/mol. The van der Waals surface area contributed by atoms with Crippen molar-refractivity contribution in [1.29, 1.82) is 0 Å². The Balaban J connectivity index is 2.19. The van der Waals surface area contributed by atoms with Gasteiger partial charge in [-0.2, -0.15) is 0 Å². The van der Waals surface area contributed by atoms with E-state index in [4.69, 9.17) is 11.6 Å². The van der Waals surface area contributed by atoms with Crippen LogP contribution < -0.4 is 4.90 Å². The lowest BCUT2D eigenvalue weighted by molar-refractivity contribution is 0.418. The van der Waals surface area contributed by atoms with Crippen LogP contribution in [0.15, 0.2) is 52.9 Å². The average molecular weight is 288 g/mol. The second-order valence-electron chi connectivity index (χ2n) is 5.16. The molecule has 2 aliphatic heterocycles. The smallest absolute Gasteiger partial charge is 0.144 e. The van der Waals surface area contributed by atoms with Crippen molar-refractivity contribution in [2.45, 2.75) is 26.2 Å². The third kappa shape index (κ3) is 2.04. The van der Waals surface area contributed by atoms with E-state index >= 15 is 0 Å². The molecule has 1 aromatic carbocycles. The Labute approximate surface area is 124 Å². The van der Waals surface area contributed by atoms with Gasteiger partial charge in [0.25, 0.3) is 0 Å². The Kier molecular flexibility index (Phi) is 3.58. The molecule has 0 aliphatic carbocycles. The van der Waals surface area contributed by atoms with Crippen LogP contribution in [0.5, 0.6) is 0 Å². The summed E-state index contributed by atoms with van der Waals surface area (Å²) in [6.07, 6.45) is 6.94. The highest BCUT2D eigenvalue weighted by Crippen LogP contribution is 2.43. The molecule has 104 valence electrons. The summed E-state index contributed by atoms with van der Waals surface area (Å²) in [4.78, 5) is 2.09. The van der Waals surface area contributed by atoms with E-state index in [9.17, 15) is 5.11 Å². The Morgan fingerprint density at radius 2 is 2.10 bits per heavy atom. The van der Waals surface area contributed by atoms with Gasteiger partial charge in [0, 0.05) is 23.4 Å². The van der Waals surface area contributed by atoms with Crippen molar-refractivity contribution < 1.29 is 5.11 Å². The second kappa shape index (κ2) is 5.37. The SMILES string of the molecule is CCCCC1=C(O)C2=C(Cl)C=CCN2c2ccccc21. The summed E-state index contributed by atoms with van der Waals surface area (Å²) in [6, 6.07) is 8.23. The van der Waals surface area contributed by atoms with Crippen molar-refractivity contribution in [3.05, 3.63) is 58.5 Å². The molecular weight excluding hydrogens is 270 g/mol. The maximum absolute atomic E-state index is 10.7. The number of anilines is 1. The quantitative estimate of drug-likeness (QED) is 0.847. The minimum absolute atomic E-state index is 0.339. The lowest BCUT2D eigenvalue weighted by Gasteiger charge is -2.36. The van der Waals surface area contributed by atoms with Gasteiger partial charge in [0.1, 0.15) is 11.5 Å². The molecule has 0 spiro atoms. The van der Waals surface area contributed by atoms with Crippen LogP contribution in [0.25, 0.3) is 5.57 Å². The number of aliphatic hydroxyl groups is 1. The number of fused-ring (bicyclic) bond motifs is 3. The fourth-order valence-electron chi connectivity index (χ4n) is 2.86. The first-order valence-electron chi connectivity index (χ1n) is 7.09. The van der Waals surface area contributed by atoms with Gasteiger partial charge in [0.15, 0.2) is 0 Å². The van der Waals surface area contributed by atoms with E-state index in [0.29, 0.717) is 10.8 Å². The highest BCUT2D eigenvalue weighted by atomic mass is 35.5. The van der Waals surface area contributed by atoms with E-state index < -0.39 is 0 Å². The van der Waals surface area contributed by atoms with Gasteiger partial charge in [-0.1, -0.05) is 49.2 Å². The number of para-hydroxylation sites is 1. The van der Waals surface area contributed by atoms with E-state index in [2.05, 4.69) is 24.0 Å². The van der Waals surface area contributed by atoms with E-state index in [1.54, 1.807) is 0 Å². The number of halogens is 1. The molecule has 3 heteroatoms. The fourth-order valence-corrected chi connectivity index (χ4v) is 3.14. The number of nitrogens with zero attached hydrogens (tertiary/aromatic N) is 1. The number of unbranched alkanes of at least 4 members (excludes halogenated alkanes) is 1. The number of rotatable bonds is 3. The summed E-state index contributed by atoms with van der Waals surface area (Å²) in [5.41, 5.74) is 4.02. The van der Waals surface area contributed by atoms with Gasteiger partial charge in [-0.3, -0.25) is 0 Å². The summed E-state index contributed by atoms with van der Waals surface area (Å²) in [6.45, 7) is 2.90. The zero-order chi connectivity index (χ0) is 14.1. The molecule has 0 unspecified atom stereocenters. The molecule has 0 saturated carbocycles. The van der Waals surface area contributed by atoms with Crippen LogP contribution in [0.1, 0.15) is 31.7 Å². The summed E-state index contributed by atoms with van der Waals surface area (Å²) < 4.78 is 0. The molecule has 0 bridgehead atoms. The van der Waals surface area contributed by atoms with Crippen LogP contribution in [0, 0.1) is 0 Å². The molecule has 0 atom stereocenters. The van der Waals surface area contributed by atoms with Crippen molar-refractivity contribution in [2.75, 3.05) is 11.4 Å². The van der Waals surface area contributed by atoms with Crippen molar-refractivity contribution in [2.24, 2.45) is 0 Å². The number of benzene rings is 1. The first-order chi connectivity index (χ1) is 9.74. The van der Waals surface area contributed by atoms with Crippen molar-refractivity contribution in [3.63, 3.8) is 0 Å². The molecule has 1 N–H and O–H groups in total. The van der Waals surface area contributed by atoms with Crippen molar-refractivity contribution in [3.8, 4) is 0 Å². The van der Waals surface area contributed by atoms with E-state index in [-0.39, 0.29) is 0 Å². The van der Waals surface area contributed by atoms with Crippen LogP contribution in [0.2, 0.25) is 0 Å². The standard InChI is InChI=1S/C17H18ClNO/c1-2-3-7-13-12-8-4-5-10-15(12)19-11-6-9-14(18)16(19)17(13)20/h4-6,8-10,20H,2-3,7,11H2,1H3. The molecule has 2 aliphatic rings. The average Bonchev–Trinajstić information content (AvgIpc) is 2.47. The van der Waals surface area contributed by atoms with Gasteiger partial charge in [-0.15, -0.1) is 0 Å². The van der Waals surface area contributed by atoms with Crippen LogP contribution in [0.3, 0.4) is 0 Å². The van der Waals surface area contributed by atoms with Crippen LogP contribution in [0.4, 0.5) is 5.69 Å². The van der Waals surface area contributed by atoms with E-state index in [1.165, 1.54) is 0 Å². The highest BCUT2D eigenvalue weighted by molar-refractivity contribution is 6.32. The van der Waals surface area contributed by atoms with Gasteiger partial charge < -0.3 is 10.0 Å². The molecule has 0 aromatic heterocycles. The predicted octanol–water partition coefficient (Wildman–Crippen LogP) is 4.99. The number of aliphatic hydroxyl groups excluding tert-OH is 1. The third-order valence-electron chi connectivity index (χ3n) is 3.86. The Bertz CT molecular complexity index is 628. The van der Waals surface area contributed by atoms with E-state index in [1.807, 2.05) is 24.3 Å². The van der Waals surface area contributed by atoms with Crippen molar-refractivity contribution in [1.82, 2.24) is 0 Å². The second-order valence-corrected chi connectivity index (χ2v) is 5.56. The summed E-state index contributed by atoms with van der Waals surface area (Å²) in [5, 5.41) is 11.3. The van der Waals surface area contributed by atoms with Crippen LogP contribution in [-0.2, 0) is 0 Å². The maximum atomic E-state index is 10.7. The molecule has 0 saturated heterocycles. The normalized spacial score (nSPS) is 17.4. The third-order valence-corrected chi connectivity index (χ3v) is 4.16. The molecule has 0 amide bonds. The van der Waals surface area contributed by atoms with Crippen LogP contribution >= 0.6 is 11.6 Å². The monoisotopic (exact) mass is 287 g/mol. The van der Waals surface area contributed by atoms with Gasteiger partial charge >= 0.3 is 0 Å². The topological polar surface area (TPSA) is 23.5 Å². The molecule has 0 radical (unpaired) electrons. The molecular formula is C17H18ClNO. The lowest BCUT2D eigenvalue weighted by atomic mass is 9.91. The first kappa shape index (κ1) is 13.3. The number of hydrogen-bond donors (Lipinski definition) is 1.